The number of phenols is 2. The number of carbonyl (C=O) groups excluding carboxylic acids is 1. The first-order valence-electron chi connectivity index (χ1n) is 6.37. The molecule has 0 saturated heterocycles. The van der Waals surface area contributed by atoms with Crippen molar-refractivity contribution in [3.63, 3.8) is 0 Å². The van der Waals surface area contributed by atoms with Crippen molar-refractivity contribution in [3.05, 3.63) is 23.3 Å². The summed E-state index contributed by atoms with van der Waals surface area (Å²) >= 11 is 0. The smallest absolute Gasteiger partial charge is 0.342 e. The normalized spacial score (nSPS) is 18.3. The fourth-order valence-corrected chi connectivity index (χ4v) is 2.35. The number of benzene rings is 1. The summed E-state index contributed by atoms with van der Waals surface area (Å²) in [5.41, 5.74) is 0.866. The lowest BCUT2D eigenvalue weighted by molar-refractivity contribution is 0.0228. The third-order valence-corrected chi connectivity index (χ3v) is 3.24. The number of esters is 1. The standard InChI is InChI=1S/C14H18O4/c1-2-3-4-5-11-7-9-6-10(15)8-12(16)13(9)14(17)18-11/h6,8,11,15-16H,2-5,7H2,1H3/t11-/m1/s1. The minimum absolute atomic E-state index is 0.0201. The van der Waals surface area contributed by atoms with E-state index in [1.54, 1.807) is 0 Å². The number of carbonyl (C=O) groups is 1. The Morgan fingerprint density at radius 3 is 2.83 bits per heavy atom. The first kappa shape index (κ1) is 12.7. The number of aromatic hydroxyl groups is 2. The van der Waals surface area contributed by atoms with E-state index in [0.717, 1.165) is 31.7 Å². The van der Waals surface area contributed by atoms with Crippen LogP contribution < -0.4 is 0 Å². The van der Waals surface area contributed by atoms with E-state index in [2.05, 4.69) is 6.92 Å². The van der Waals surface area contributed by atoms with E-state index in [0.29, 0.717) is 12.0 Å². The molecule has 1 heterocycles. The first-order chi connectivity index (χ1) is 8.61. The Balaban J connectivity index is 2.15. The molecular formula is C14H18O4. The van der Waals surface area contributed by atoms with Crippen molar-refractivity contribution >= 4 is 5.97 Å². The summed E-state index contributed by atoms with van der Waals surface area (Å²) in [5, 5.41) is 19.1. The molecule has 4 heteroatoms. The third kappa shape index (κ3) is 2.58. The Hall–Kier alpha value is -1.71. The number of phenolic OH excluding ortho intramolecular Hbond substituents is 2. The largest absolute Gasteiger partial charge is 0.508 e. The van der Waals surface area contributed by atoms with Gasteiger partial charge in [-0.3, -0.25) is 0 Å². The number of hydrogen-bond donors (Lipinski definition) is 2. The van der Waals surface area contributed by atoms with Gasteiger partial charge in [0.2, 0.25) is 0 Å². The van der Waals surface area contributed by atoms with Gasteiger partial charge in [0, 0.05) is 12.5 Å². The molecule has 0 unspecified atom stereocenters. The minimum Gasteiger partial charge on any atom is -0.508 e. The van der Waals surface area contributed by atoms with Gasteiger partial charge in [0.25, 0.3) is 0 Å². The molecule has 0 radical (unpaired) electrons. The first-order valence-corrected chi connectivity index (χ1v) is 6.37. The summed E-state index contributed by atoms with van der Waals surface area (Å²) in [4.78, 5) is 11.8. The Labute approximate surface area is 106 Å². The molecule has 1 aromatic rings. The molecule has 0 fully saturated rings. The second-order valence-electron chi connectivity index (χ2n) is 4.73. The number of rotatable bonds is 4. The molecule has 1 aromatic carbocycles. The molecule has 2 rings (SSSR count). The molecule has 0 amide bonds. The van der Waals surface area contributed by atoms with Crippen LogP contribution in [0.5, 0.6) is 11.5 Å². The van der Waals surface area contributed by atoms with E-state index in [1.807, 2.05) is 0 Å². The zero-order valence-corrected chi connectivity index (χ0v) is 10.5. The second-order valence-corrected chi connectivity index (χ2v) is 4.73. The minimum atomic E-state index is -0.491. The fraction of sp³-hybridized carbons (Fsp3) is 0.500. The average molecular weight is 250 g/mol. The second kappa shape index (κ2) is 5.29. The van der Waals surface area contributed by atoms with Crippen molar-refractivity contribution < 1.29 is 19.7 Å². The topological polar surface area (TPSA) is 66.8 Å². The number of hydrogen-bond acceptors (Lipinski definition) is 4. The van der Waals surface area contributed by atoms with Gasteiger partial charge in [-0.1, -0.05) is 19.8 Å². The van der Waals surface area contributed by atoms with E-state index in [9.17, 15) is 15.0 Å². The molecule has 0 spiro atoms. The summed E-state index contributed by atoms with van der Waals surface area (Å²) < 4.78 is 5.30. The number of fused-ring (bicyclic) bond motifs is 1. The Morgan fingerprint density at radius 1 is 1.33 bits per heavy atom. The molecule has 18 heavy (non-hydrogen) atoms. The van der Waals surface area contributed by atoms with Gasteiger partial charge in [0.1, 0.15) is 23.2 Å². The molecule has 0 bridgehead atoms. The summed E-state index contributed by atoms with van der Waals surface area (Å²) in [5.74, 6) is -0.717. The predicted octanol–water partition coefficient (Wildman–Crippen LogP) is 2.76. The highest BCUT2D eigenvalue weighted by molar-refractivity contribution is 5.95. The van der Waals surface area contributed by atoms with Gasteiger partial charge in [-0.2, -0.15) is 0 Å². The average Bonchev–Trinajstić information content (AvgIpc) is 2.27. The van der Waals surface area contributed by atoms with Crippen LogP contribution in [0.3, 0.4) is 0 Å². The maximum absolute atomic E-state index is 11.8. The van der Waals surface area contributed by atoms with Crippen LogP contribution in [0.1, 0.15) is 48.5 Å². The van der Waals surface area contributed by atoms with Crippen molar-refractivity contribution in [1.82, 2.24) is 0 Å². The van der Waals surface area contributed by atoms with Crippen LogP contribution in [0.2, 0.25) is 0 Å². The molecule has 1 aliphatic rings. The molecule has 0 aromatic heterocycles. The Bertz CT molecular complexity index is 453. The van der Waals surface area contributed by atoms with E-state index in [4.69, 9.17) is 4.74 Å². The van der Waals surface area contributed by atoms with Crippen LogP contribution >= 0.6 is 0 Å². The van der Waals surface area contributed by atoms with Crippen LogP contribution in [0.25, 0.3) is 0 Å². The molecule has 98 valence electrons. The lowest BCUT2D eigenvalue weighted by atomic mass is 9.95. The maximum atomic E-state index is 11.8. The number of unbranched alkanes of at least 4 members (excludes halogenated alkanes) is 2. The van der Waals surface area contributed by atoms with Crippen LogP contribution in [0, 0.1) is 0 Å². The third-order valence-electron chi connectivity index (χ3n) is 3.24. The van der Waals surface area contributed by atoms with Gasteiger partial charge in [0.15, 0.2) is 0 Å². The van der Waals surface area contributed by atoms with E-state index in [-0.39, 0.29) is 23.2 Å². The van der Waals surface area contributed by atoms with Crippen molar-refractivity contribution in [2.45, 2.75) is 45.1 Å². The van der Waals surface area contributed by atoms with E-state index in [1.165, 1.54) is 6.07 Å². The van der Waals surface area contributed by atoms with Crippen molar-refractivity contribution in [3.8, 4) is 11.5 Å². The number of cyclic esters (lactones) is 1. The molecule has 1 atom stereocenters. The maximum Gasteiger partial charge on any atom is 0.342 e. The Morgan fingerprint density at radius 2 is 2.11 bits per heavy atom. The van der Waals surface area contributed by atoms with Crippen molar-refractivity contribution in [1.29, 1.82) is 0 Å². The van der Waals surface area contributed by atoms with Crippen LogP contribution in [0.15, 0.2) is 12.1 Å². The summed E-state index contributed by atoms with van der Waals surface area (Å²) in [6.45, 7) is 2.12. The molecule has 1 aliphatic heterocycles. The summed E-state index contributed by atoms with van der Waals surface area (Å²) in [7, 11) is 0. The van der Waals surface area contributed by atoms with Gasteiger partial charge >= 0.3 is 5.97 Å². The predicted molar refractivity (Wildman–Crippen MR) is 66.8 cm³/mol. The quantitative estimate of drug-likeness (QED) is 0.637. The monoisotopic (exact) mass is 250 g/mol. The number of ether oxygens (including phenoxy) is 1. The van der Waals surface area contributed by atoms with E-state index >= 15 is 0 Å². The van der Waals surface area contributed by atoms with Crippen LogP contribution in [-0.4, -0.2) is 22.3 Å². The highest BCUT2D eigenvalue weighted by atomic mass is 16.5. The van der Waals surface area contributed by atoms with Gasteiger partial charge in [-0.25, -0.2) is 4.79 Å². The lowest BCUT2D eigenvalue weighted by Gasteiger charge is -2.25. The zero-order valence-electron chi connectivity index (χ0n) is 10.5. The zero-order chi connectivity index (χ0) is 13.1. The van der Waals surface area contributed by atoms with Gasteiger partial charge in [0.05, 0.1) is 0 Å². The molecule has 4 nitrogen and oxygen atoms in total. The van der Waals surface area contributed by atoms with E-state index < -0.39 is 5.97 Å². The Kier molecular flexibility index (Phi) is 3.75. The van der Waals surface area contributed by atoms with Crippen molar-refractivity contribution in [2.75, 3.05) is 0 Å². The highest BCUT2D eigenvalue weighted by Crippen LogP contribution is 2.33. The fourth-order valence-electron chi connectivity index (χ4n) is 2.35. The molecule has 2 N–H and O–H groups in total. The van der Waals surface area contributed by atoms with Crippen LogP contribution in [-0.2, 0) is 11.2 Å². The molecular weight excluding hydrogens is 232 g/mol. The van der Waals surface area contributed by atoms with Crippen LogP contribution in [0.4, 0.5) is 0 Å². The van der Waals surface area contributed by atoms with Gasteiger partial charge in [-0.15, -0.1) is 0 Å². The van der Waals surface area contributed by atoms with Crippen molar-refractivity contribution in [2.24, 2.45) is 0 Å². The summed E-state index contributed by atoms with van der Waals surface area (Å²) in [6, 6.07) is 2.69. The van der Waals surface area contributed by atoms with Gasteiger partial charge < -0.3 is 14.9 Å². The lowest BCUT2D eigenvalue weighted by Crippen LogP contribution is -2.27. The van der Waals surface area contributed by atoms with Gasteiger partial charge in [-0.05, 0) is 24.5 Å². The SMILES string of the molecule is CCCCC[C@@H]1Cc2cc(O)cc(O)c2C(=O)O1. The summed E-state index contributed by atoms with van der Waals surface area (Å²) in [6.07, 6.45) is 4.51. The highest BCUT2D eigenvalue weighted by Gasteiger charge is 2.29. The molecule has 0 saturated carbocycles. The molecule has 0 aliphatic carbocycles.